The number of rotatable bonds is 0. The zero-order chi connectivity index (χ0) is 11.3. The second-order valence-electron chi connectivity index (χ2n) is 3.86. The molecule has 0 amide bonds. The second-order valence-corrected chi connectivity index (χ2v) is 5.15. The summed E-state index contributed by atoms with van der Waals surface area (Å²) in [7, 11) is 2.06. The van der Waals surface area contributed by atoms with Crippen LogP contribution in [0.1, 0.15) is 0 Å². The summed E-state index contributed by atoms with van der Waals surface area (Å²) < 4.78 is 3.22. The molecular formula is C13H9BrClN. The average Bonchev–Trinajstić information content (AvgIpc) is 2.54. The van der Waals surface area contributed by atoms with Crippen molar-refractivity contribution in [1.29, 1.82) is 0 Å². The van der Waals surface area contributed by atoms with Crippen molar-refractivity contribution in [3.05, 3.63) is 45.9 Å². The van der Waals surface area contributed by atoms with Crippen LogP contribution in [0.3, 0.4) is 0 Å². The topological polar surface area (TPSA) is 4.93 Å². The van der Waals surface area contributed by atoms with E-state index in [0.29, 0.717) is 0 Å². The van der Waals surface area contributed by atoms with E-state index in [4.69, 9.17) is 11.6 Å². The highest BCUT2D eigenvalue weighted by molar-refractivity contribution is 9.10. The molecule has 0 radical (unpaired) electrons. The van der Waals surface area contributed by atoms with E-state index < -0.39 is 0 Å². The molecule has 0 saturated carbocycles. The van der Waals surface area contributed by atoms with Crippen LogP contribution in [-0.2, 0) is 7.05 Å². The van der Waals surface area contributed by atoms with Crippen LogP contribution in [0.2, 0.25) is 5.02 Å². The Kier molecular flexibility index (Phi) is 2.23. The Morgan fingerprint density at radius 1 is 1.12 bits per heavy atom. The van der Waals surface area contributed by atoms with Gasteiger partial charge in [-0.25, -0.2) is 0 Å². The maximum absolute atomic E-state index is 6.08. The molecular weight excluding hydrogens is 286 g/mol. The number of benzene rings is 2. The van der Waals surface area contributed by atoms with Crippen LogP contribution in [-0.4, -0.2) is 4.57 Å². The molecule has 0 unspecified atom stereocenters. The van der Waals surface area contributed by atoms with E-state index in [1.165, 1.54) is 16.3 Å². The van der Waals surface area contributed by atoms with E-state index >= 15 is 0 Å². The molecule has 0 fully saturated rings. The molecule has 80 valence electrons. The summed E-state index contributed by atoms with van der Waals surface area (Å²) in [4.78, 5) is 0. The largest absolute Gasteiger partial charge is 0.344 e. The van der Waals surface area contributed by atoms with Gasteiger partial charge in [-0.15, -0.1) is 0 Å². The summed E-state index contributed by atoms with van der Waals surface area (Å²) in [6.07, 6.45) is 0. The second kappa shape index (κ2) is 3.51. The van der Waals surface area contributed by atoms with Gasteiger partial charge in [0.25, 0.3) is 0 Å². The summed E-state index contributed by atoms with van der Waals surface area (Å²) in [6, 6.07) is 12.3. The molecule has 0 N–H and O–H groups in total. The normalized spacial score (nSPS) is 11.4. The molecule has 0 aliphatic heterocycles. The number of fused-ring (bicyclic) bond motifs is 3. The van der Waals surface area contributed by atoms with Crippen molar-refractivity contribution in [3.8, 4) is 0 Å². The Hall–Kier alpha value is -0.990. The van der Waals surface area contributed by atoms with Crippen molar-refractivity contribution in [2.24, 2.45) is 7.05 Å². The third-order valence-electron chi connectivity index (χ3n) is 2.93. The number of hydrogen-bond donors (Lipinski definition) is 0. The van der Waals surface area contributed by atoms with Crippen LogP contribution >= 0.6 is 27.5 Å². The molecule has 3 aromatic rings. The SMILES string of the molecule is Cn1c2ccccc2c2c(Br)cc(Cl)cc21. The predicted molar refractivity (Wildman–Crippen MR) is 73.1 cm³/mol. The minimum Gasteiger partial charge on any atom is -0.344 e. The van der Waals surface area contributed by atoms with Gasteiger partial charge in [0, 0.05) is 32.8 Å². The van der Waals surface area contributed by atoms with Crippen LogP contribution in [0.25, 0.3) is 21.8 Å². The fraction of sp³-hybridized carbons (Fsp3) is 0.0769. The Bertz CT molecular complexity index is 700. The van der Waals surface area contributed by atoms with Gasteiger partial charge in [0.2, 0.25) is 0 Å². The molecule has 0 atom stereocenters. The summed E-state index contributed by atoms with van der Waals surface area (Å²) in [6.45, 7) is 0. The molecule has 1 aromatic heterocycles. The Labute approximate surface area is 107 Å². The maximum Gasteiger partial charge on any atom is 0.0515 e. The third kappa shape index (κ3) is 1.30. The van der Waals surface area contributed by atoms with E-state index in [2.05, 4.69) is 51.8 Å². The first-order valence-electron chi connectivity index (χ1n) is 5.00. The van der Waals surface area contributed by atoms with Gasteiger partial charge in [-0.3, -0.25) is 0 Å². The lowest BCUT2D eigenvalue weighted by Gasteiger charge is -1.99. The highest BCUT2D eigenvalue weighted by atomic mass is 79.9. The highest BCUT2D eigenvalue weighted by Gasteiger charge is 2.10. The molecule has 16 heavy (non-hydrogen) atoms. The van der Waals surface area contributed by atoms with Crippen LogP contribution in [0.4, 0.5) is 0 Å². The van der Waals surface area contributed by atoms with E-state index in [1.807, 2.05) is 12.1 Å². The average molecular weight is 295 g/mol. The van der Waals surface area contributed by atoms with Crippen LogP contribution in [0.5, 0.6) is 0 Å². The highest BCUT2D eigenvalue weighted by Crippen LogP contribution is 2.35. The number of halogens is 2. The lowest BCUT2D eigenvalue weighted by Crippen LogP contribution is -1.85. The van der Waals surface area contributed by atoms with Gasteiger partial charge in [-0.2, -0.15) is 0 Å². The standard InChI is InChI=1S/C13H9BrClN/c1-16-11-5-3-2-4-9(11)13-10(14)6-8(15)7-12(13)16/h2-7H,1H3. The van der Waals surface area contributed by atoms with Crippen LogP contribution < -0.4 is 0 Å². The Morgan fingerprint density at radius 2 is 1.88 bits per heavy atom. The molecule has 0 spiro atoms. The first-order valence-corrected chi connectivity index (χ1v) is 6.18. The molecule has 0 aliphatic carbocycles. The van der Waals surface area contributed by atoms with Crippen molar-refractivity contribution in [2.75, 3.05) is 0 Å². The molecule has 1 heterocycles. The summed E-state index contributed by atoms with van der Waals surface area (Å²) in [5, 5.41) is 3.23. The minimum atomic E-state index is 0.755. The van der Waals surface area contributed by atoms with Gasteiger partial charge in [0.15, 0.2) is 0 Å². The van der Waals surface area contributed by atoms with E-state index in [-0.39, 0.29) is 0 Å². The fourth-order valence-corrected chi connectivity index (χ4v) is 3.21. The van der Waals surface area contributed by atoms with Crippen molar-refractivity contribution < 1.29 is 0 Å². The Balaban J connectivity index is 2.67. The van der Waals surface area contributed by atoms with E-state index in [9.17, 15) is 0 Å². The van der Waals surface area contributed by atoms with Crippen LogP contribution in [0.15, 0.2) is 40.9 Å². The van der Waals surface area contributed by atoms with Gasteiger partial charge in [0.1, 0.15) is 0 Å². The fourth-order valence-electron chi connectivity index (χ4n) is 2.20. The zero-order valence-electron chi connectivity index (χ0n) is 8.67. The van der Waals surface area contributed by atoms with Crippen molar-refractivity contribution in [2.45, 2.75) is 0 Å². The molecule has 0 aliphatic rings. The summed E-state index contributed by atoms with van der Waals surface area (Å²) >= 11 is 9.66. The number of para-hydroxylation sites is 1. The lowest BCUT2D eigenvalue weighted by atomic mass is 10.1. The quantitative estimate of drug-likeness (QED) is 0.564. The monoisotopic (exact) mass is 293 g/mol. The summed E-state index contributed by atoms with van der Waals surface area (Å²) in [5.74, 6) is 0. The number of aryl methyl sites for hydroxylation is 1. The molecule has 3 heteroatoms. The first kappa shape index (κ1) is 10.2. The minimum absolute atomic E-state index is 0.755. The maximum atomic E-state index is 6.08. The van der Waals surface area contributed by atoms with Gasteiger partial charge in [-0.05, 0) is 18.2 Å². The predicted octanol–water partition coefficient (Wildman–Crippen LogP) is 4.75. The van der Waals surface area contributed by atoms with Gasteiger partial charge < -0.3 is 4.57 Å². The molecule has 3 rings (SSSR count). The molecule has 2 aromatic carbocycles. The third-order valence-corrected chi connectivity index (χ3v) is 3.77. The van der Waals surface area contributed by atoms with Gasteiger partial charge in [-0.1, -0.05) is 45.7 Å². The number of nitrogens with zero attached hydrogens (tertiary/aromatic N) is 1. The number of aromatic nitrogens is 1. The van der Waals surface area contributed by atoms with E-state index in [1.54, 1.807) is 0 Å². The molecule has 0 saturated heterocycles. The molecule has 1 nitrogen and oxygen atoms in total. The number of hydrogen-bond acceptors (Lipinski definition) is 0. The Morgan fingerprint density at radius 3 is 2.69 bits per heavy atom. The van der Waals surface area contributed by atoms with Gasteiger partial charge in [0.05, 0.1) is 5.52 Å². The van der Waals surface area contributed by atoms with Crippen molar-refractivity contribution in [1.82, 2.24) is 4.57 Å². The lowest BCUT2D eigenvalue weighted by molar-refractivity contribution is 1.01. The summed E-state index contributed by atoms with van der Waals surface area (Å²) in [5.41, 5.74) is 2.38. The van der Waals surface area contributed by atoms with Crippen molar-refractivity contribution in [3.63, 3.8) is 0 Å². The van der Waals surface area contributed by atoms with Crippen LogP contribution in [0, 0.1) is 0 Å². The van der Waals surface area contributed by atoms with E-state index in [0.717, 1.165) is 15.0 Å². The van der Waals surface area contributed by atoms with Crippen molar-refractivity contribution >= 4 is 49.3 Å². The first-order chi connectivity index (χ1) is 7.68. The van der Waals surface area contributed by atoms with Gasteiger partial charge >= 0.3 is 0 Å². The zero-order valence-corrected chi connectivity index (χ0v) is 11.0. The molecule has 0 bridgehead atoms. The smallest absolute Gasteiger partial charge is 0.0515 e.